The maximum Gasteiger partial charge on any atom is 0.433 e. The van der Waals surface area contributed by atoms with Crippen LogP contribution in [0.1, 0.15) is 11.3 Å². The van der Waals surface area contributed by atoms with Gasteiger partial charge in [0.25, 0.3) is 5.56 Å². The molecule has 0 amide bonds. The first-order valence-electron chi connectivity index (χ1n) is 5.92. The first-order valence-corrected chi connectivity index (χ1v) is 5.92. The second-order valence-electron chi connectivity index (χ2n) is 4.19. The highest BCUT2D eigenvalue weighted by Crippen LogP contribution is 2.30. The van der Waals surface area contributed by atoms with Gasteiger partial charge in [0.05, 0.1) is 12.7 Å². The second kappa shape index (κ2) is 5.70. The van der Waals surface area contributed by atoms with E-state index in [1.54, 1.807) is 5.48 Å². The smallest absolute Gasteiger partial charge is 0.433 e. The van der Waals surface area contributed by atoms with Crippen LogP contribution in [-0.2, 0) is 12.6 Å². The number of pyridine rings is 1. The minimum Gasteiger partial charge on any atom is -0.497 e. The van der Waals surface area contributed by atoms with Crippen molar-refractivity contribution in [2.24, 2.45) is 0 Å². The summed E-state index contributed by atoms with van der Waals surface area (Å²) in [4.78, 5) is 15.7. The number of alkyl halides is 3. The first-order chi connectivity index (χ1) is 9.88. The minimum atomic E-state index is -4.76. The molecule has 0 saturated heterocycles. The van der Waals surface area contributed by atoms with E-state index in [1.165, 1.54) is 25.4 Å². The molecule has 0 saturated carbocycles. The molecule has 2 rings (SSSR count). The number of rotatable bonds is 4. The Morgan fingerprint density at radius 2 is 2.19 bits per heavy atom. The number of nitrogens with one attached hydrogen (secondary N) is 1. The number of aromatic nitrogens is 2. The summed E-state index contributed by atoms with van der Waals surface area (Å²) >= 11 is 0. The van der Waals surface area contributed by atoms with Crippen LogP contribution in [0.15, 0.2) is 23.1 Å². The first kappa shape index (κ1) is 15.3. The molecular formula is C12H12F3N3O3. The van der Waals surface area contributed by atoms with Gasteiger partial charge in [-0.1, -0.05) is 0 Å². The Kier molecular flexibility index (Phi) is 4.14. The van der Waals surface area contributed by atoms with Crippen LogP contribution >= 0.6 is 0 Å². The van der Waals surface area contributed by atoms with E-state index < -0.39 is 23.0 Å². The van der Waals surface area contributed by atoms with Crippen molar-refractivity contribution in [2.75, 3.05) is 13.7 Å². The van der Waals surface area contributed by atoms with Crippen LogP contribution in [0.4, 0.5) is 13.2 Å². The molecule has 21 heavy (non-hydrogen) atoms. The van der Waals surface area contributed by atoms with E-state index in [9.17, 15) is 18.0 Å². The number of halogens is 3. The monoisotopic (exact) mass is 303 g/mol. The summed E-state index contributed by atoms with van der Waals surface area (Å²) in [6.07, 6.45) is -3.77. The van der Waals surface area contributed by atoms with Gasteiger partial charge in [0, 0.05) is 18.8 Å². The van der Waals surface area contributed by atoms with Crippen molar-refractivity contribution >= 4 is 5.65 Å². The predicted octanol–water partition coefficient (Wildman–Crippen LogP) is 1.24. The van der Waals surface area contributed by atoms with Gasteiger partial charge in [-0.3, -0.25) is 9.20 Å². The SMILES string of the molecule is COc1ccn2c(=O)c(CCNO)c(C(F)(F)F)nc2c1. The molecule has 0 unspecified atom stereocenters. The van der Waals surface area contributed by atoms with E-state index >= 15 is 0 Å². The Bertz CT molecular complexity index is 712. The Morgan fingerprint density at radius 3 is 2.76 bits per heavy atom. The summed E-state index contributed by atoms with van der Waals surface area (Å²) < 4.78 is 45.0. The molecule has 9 heteroatoms. The fraction of sp³-hybridized carbons (Fsp3) is 0.333. The standard InChI is InChI=1S/C12H12F3N3O3/c1-21-7-3-5-18-9(6-7)17-10(12(13,14)15)8(11(18)19)2-4-16-20/h3,5-6,16,20H,2,4H2,1H3. The average molecular weight is 303 g/mol. The molecule has 114 valence electrons. The van der Waals surface area contributed by atoms with Gasteiger partial charge in [-0.05, 0) is 12.5 Å². The van der Waals surface area contributed by atoms with Crippen LogP contribution in [0.5, 0.6) is 5.75 Å². The van der Waals surface area contributed by atoms with E-state index in [4.69, 9.17) is 9.94 Å². The third-order valence-electron chi connectivity index (χ3n) is 2.89. The van der Waals surface area contributed by atoms with Crippen LogP contribution in [0.25, 0.3) is 5.65 Å². The number of ether oxygens (including phenoxy) is 1. The highest BCUT2D eigenvalue weighted by molar-refractivity contribution is 5.46. The zero-order chi connectivity index (χ0) is 15.6. The summed E-state index contributed by atoms with van der Waals surface area (Å²) in [6.45, 7) is -0.192. The molecule has 2 aromatic heterocycles. The molecule has 6 nitrogen and oxygen atoms in total. The molecule has 0 bridgehead atoms. The highest BCUT2D eigenvalue weighted by atomic mass is 19.4. The number of methoxy groups -OCH3 is 1. The van der Waals surface area contributed by atoms with Crippen molar-refractivity contribution in [3.63, 3.8) is 0 Å². The molecule has 0 radical (unpaired) electrons. The quantitative estimate of drug-likeness (QED) is 0.831. The molecule has 0 atom stereocenters. The number of hydroxylamine groups is 1. The summed E-state index contributed by atoms with van der Waals surface area (Å²) in [6, 6.07) is 2.68. The van der Waals surface area contributed by atoms with Gasteiger partial charge in [0.1, 0.15) is 11.4 Å². The number of fused-ring (bicyclic) bond motifs is 1. The lowest BCUT2D eigenvalue weighted by molar-refractivity contribution is -0.141. The Balaban J connectivity index is 2.74. The van der Waals surface area contributed by atoms with Crippen LogP contribution in [0.3, 0.4) is 0 Å². The van der Waals surface area contributed by atoms with Crippen LogP contribution in [0.2, 0.25) is 0 Å². The molecule has 0 aromatic carbocycles. The van der Waals surface area contributed by atoms with Gasteiger partial charge in [0.2, 0.25) is 0 Å². The van der Waals surface area contributed by atoms with E-state index in [0.717, 1.165) is 4.40 Å². The second-order valence-corrected chi connectivity index (χ2v) is 4.19. The third kappa shape index (κ3) is 2.98. The fourth-order valence-corrected chi connectivity index (χ4v) is 1.92. The Morgan fingerprint density at radius 1 is 1.48 bits per heavy atom. The van der Waals surface area contributed by atoms with Crippen molar-refractivity contribution < 1.29 is 23.1 Å². The van der Waals surface area contributed by atoms with E-state index in [2.05, 4.69) is 4.98 Å². The molecule has 2 aromatic rings. The molecular weight excluding hydrogens is 291 g/mol. The van der Waals surface area contributed by atoms with Crippen molar-refractivity contribution in [1.82, 2.24) is 14.9 Å². The lowest BCUT2D eigenvalue weighted by Gasteiger charge is -2.13. The summed E-state index contributed by atoms with van der Waals surface area (Å²) in [7, 11) is 1.36. The normalized spacial score (nSPS) is 11.9. The van der Waals surface area contributed by atoms with Gasteiger partial charge in [-0.25, -0.2) is 10.5 Å². The zero-order valence-electron chi connectivity index (χ0n) is 10.9. The van der Waals surface area contributed by atoms with Crippen molar-refractivity contribution in [2.45, 2.75) is 12.6 Å². The third-order valence-corrected chi connectivity index (χ3v) is 2.89. The van der Waals surface area contributed by atoms with E-state index in [0.29, 0.717) is 5.75 Å². The van der Waals surface area contributed by atoms with Gasteiger partial charge < -0.3 is 9.94 Å². The molecule has 2 heterocycles. The van der Waals surface area contributed by atoms with Crippen LogP contribution < -0.4 is 15.8 Å². The molecule has 0 fully saturated rings. The zero-order valence-corrected chi connectivity index (χ0v) is 10.9. The fourth-order valence-electron chi connectivity index (χ4n) is 1.92. The average Bonchev–Trinajstić information content (AvgIpc) is 2.44. The number of hydrogen-bond acceptors (Lipinski definition) is 5. The predicted molar refractivity (Wildman–Crippen MR) is 66.5 cm³/mol. The van der Waals surface area contributed by atoms with Gasteiger partial charge in [0.15, 0.2) is 5.69 Å². The van der Waals surface area contributed by atoms with Crippen LogP contribution in [-0.4, -0.2) is 28.2 Å². The minimum absolute atomic E-state index is 0.160. The maximum atomic E-state index is 13.0. The Labute approximate surface area is 116 Å². The topological polar surface area (TPSA) is 75.9 Å². The summed E-state index contributed by atoms with van der Waals surface area (Å²) in [5, 5.41) is 8.52. The summed E-state index contributed by atoms with van der Waals surface area (Å²) in [5.41, 5.74) is -1.02. The molecule has 2 N–H and O–H groups in total. The van der Waals surface area contributed by atoms with Gasteiger partial charge in [-0.15, -0.1) is 0 Å². The molecule has 0 aliphatic heterocycles. The molecule has 0 aliphatic rings. The highest BCUT2D eigenvalue weighted by Gasteiger charge is 2.37. The largest absolute Gasteiger partial charge is 0.497 e. The maximum absolute atomic E-state index is 13.0. The van der Waals surface area contributed by atoms with Crippen molar-refractivity contribution in [3.05, 3.63) is 39.9 Å². The Hall–Kier alpha value is -2.13. The van der Waals surface area contributed by atoms with E-state index in [-0.39, 0.29) is 18.6 Å². The van der Waals surface area contributed by atoms with Crippen molar-refractivity contribution in [1.29, 1.82) is 0 Å². The lowest BCUT2D eigenvalue weighted by Crippen LogP contribution is -2.28. The number of nitrogens with zero attached hydrogens (tertiary/aromatic N) is 2. The summed E-state index contributed by atoms with van der Waals surface area (Å²) in [5.74, 6) is 0.291. The lowest BCUT2D eigenvalue weighted by atomic mass is 10.1. The van der Waals surface area contributed by atoms with Crippen LogP contribution in [0, 0.1) is 0 Å². The van der Waals surface area contributed by atoms with Gasteiger partial charge >= 0.3 is 6.18 Å². The van der Waals surface area contributed by atoms with E-state index in [1.807, 2.05) is 0 Å². The molecule has 0 aliphatic carbocycles. The van der Waals surface area contributed by atoms with Crippen molar-refractivity contribution in [3.8, 4) is 5.75 Å². The number of hydrogen-bond donors (Lipinski definition) is 2. The van der Waals surface area contributed by atoms with Gasteiger partial charge in [-0.2, -0.15) is 13.2 Å². The molecule has 0 spiro atoms.